The van der Waals surface area contributed by atoms with Crippen molar-refractivity contribution in [1.82, 2.24) is 14.5 Å². The van der Waals surface area contributed by atoms with Crippen molar-refractivity contribution >= 4 is 5.91 Å². The zero-order valence-corrected chi connectivity index (χ0v) is 12.1. The standard InChI is InChI=1S/C14H23N3O2/c1-4-8-17(11-12-15-7-9-16(12)3)13(18)14(2)6-5-10-19-14/h7,9H,4-6,8,10-11H2,1-3H3/t14-/m1/s1. The predicted octanol–water partition coefficient (Wildman–Crippen LogP) is 1.73. The third-order valence-corrected chi connectivity index (χ3v) is 3.71. The van der Waals surface area contributed by atoms with Crippen LogP contribution in [0.2, 0.25) is 0 Å². The third-order valence-electron chi connectivity index (χ3n) is 3.71. The van der Waals surface area contributed by atoms with Gasteiger partial charge in [0, 0.05) is 32.6 Å². The first-order valence-corrected chi connectivity index (χ1v) is 6.96. The molecule has 5 heteroatoms. The molecule has 2 rings (SSSR count). The molecule has 1 aromatic heterocycles. The second-order valence-corrected chi connectivity index (χ2v) is 5.36. The van der Waals surface area contributed by atoms with Crippen LogP contribution in [-0.4, -0.2) is 39.1 Å². The molecule has 0 N–H and O–H groups in total. The highest BCUT2D eigenvalue weighted by molar-refractivity contribution is 5.85. The lowest BCUT2D eigenvalue weighted by atomic mass is 10.0. The Morgan fingerprint density at radius 2 is 2.42 bits per heavy atom. The fourth-order valence-electron chi connectivity index (χ4n) is 2.52. The van der Waals surface area contributed by atoms with Crippen LogP contribution < -0.4 is 0 Å². The summed E-state index contributed by atoms with van der Waals surface area (Å²) in [5.41, 5.74) is -0.639. The van der Waals surface area contributed by atoms with Crippen molar-refractivity contribution in [2.45, 2.75) is 45.3 Å². The van der Waals surface area contributed by atoms with Crippen LogP contribution in [0.3, 0.4) is 0 Å². The molecule has 1 atom stereocenters. The summed E-state index contributed by atoms with van der Waals surface area (Å²) in [7, 11) is 1.95. The molecule has 5 nitrogen and oxygen atoms in total. The fraction of sp³-hybridized carbons (Fsp3) is 0.714. The molecule has 0 unspecified atom stereocenters. The van der Waals surface area contributed by atoms with E-state index in [1.54, 1.807) is 6.20 Å². The number of amides is 1. The van der Waals surface area contributed by atoms with Gasteiger partial charge in [-0.25, -0.2) is 4.98 Å². The van der Waals surface area contributed by atoms with Crippen LogP contribution in [0.5, 0.6) is 0 Å². The van der Waals surface area contributed by atoms with Crippen molar-refractivity contribution in [3.8, 4) is 0 Å². The maximum Gasteiger partial charge on any atom is 0.254 e. The largest absolute Gasteiger partial charge is 0.365 e. The van der Waals surface area contributed by atoms with Crippen LogP contribution in [0.4, 0.5) is 0 Å². The summed E-state index contributed by atoms with van der Waals surface area (Å²) in [4.78, 5) is 18.8. The summed E-state index contributed by atoms with van der Waals surface area (Å²) >= 11 is 0. The molecular weight excluding hydrogens is 242 g/mol. The van der Waals surface area contributed by atoms with Crippen LogP contribution in [-0.2, 0) is 23.1 Å². The first-order valence-electron chi connectivity index (χ1n) is 6.96. The van der Waals surface area contributed by atoms with Gasteiger partial charge in [-0.1, -0.05) is 6.92 Å². The predicted molar refractivity (Wildman–Crippen MR) is 72.5 cm³/mol. The Kier molecular flexibility index (Phi) is 4.24. The van der Waals surface area contributed by atoms with Gasteiger partial charge in [0.2, 0.25) is 0 Å². The molecule has 1 amide bonds. The van der Waals surface area contributed by atoms with Crippen molar-refractivity contribution in [3.05, 3.63) is 18.2 Å². The average molecular weight is 265 g/mol. The lowest BCUT2D eigenvalue weighted by Gasteiger charge is -2.30. The maximum absolute atomic E-state index is 12.7. The first kappa shape index (κ1) is 14.1. The number of ether oxygens (including phenoxy) is 1. The minimum absolute atomic E-state index is 0.0925. The lowest BCUT2D eigenvalue weighted by molar-refractivity contribution is -0.151. The Morgan fingerprint density at radius 1 is 1.63 bits per heavy atom. The highest BCUT2D eigenvalue weighted by Gasteiger charge is 2.40. The number of imidazole rings is 1. The van der Waals surface area contributed by atoms with Gasteiger partial charge < -0.3 is 14.2 Å². The van der Waals surface area contributed by atoms with Crippen LogP contribution in [0.15, 0.2) is 12.4 Å². The number of aryl methyl sites for hydroxylation is 1. The van der Waals surface area contributed by atoms with E-state index in [9.17, 15) is 4.79 Å². The molecule has 0 aliphatic carbocycles. The number of carbonyl (C=O) groups excluding carboxylic acids is 1. The van der Waals surface area contributed by atoms with Gasteiger partial charge in [-0.05, 0) is 26.2 Å². The molecule has 1 aliphatic rings. The first-order chi connectivity index (χ1) is 9.07. The minimum Gasteiger partial charge on any atom is -0.365 e. The molecule has 1 aromatic rings. The summed E-state index contributed by atoms with van der Waals surface area (Å²) in [6.07, 6.45) is 6.37. The third kappa shape index (κ3) is 2.97. The summed E-state index contributed by atoms with van der Waals surface area (Å²) < 4.78 is 7.61. The molecule has 1 saturated heterocycles. The molecule has 0 bridgehead atoms. The van der Waals surface area contributed by atoms with Gasteiger partial charge in [-0.3, -0.25) is 4.79 Å². The quantitative estimate of drug-likeness (QED) is 0.814. The molecule has 0 radical (unpaired) electrons. The van der Waals surface area contributed by atoms with Crippen molar-refractivity contribution in [2.75, 3.05) is 13.2 Å². The molecular formula is C14H23N3O2. The van der Waals surface area contributed by atoms with E-state index in [0.717, 1.165) is 31.6 Å². The van der Waals surface area contributed by atoms with Gasteiger partial charge in [0.1, 0.15) is 11.4 Å². The van der Waals surface area contributed by atoms with E-state index in [1.807, 2.05) is 29.6 Å². The summed E-state index contributed by atoms with van der Waals surface area (Å²) in [6, 6.07) is 0. The number of rotatable bonds is 5. The number of hydrogen-bond donors (Lipinski definition) is 0. The lowest BCUT2D eigenvalue weighted by Crippen LogP contribution is -2.47. The highest BCUT2D eigenvalue weighted by atomic mass is 16.5. The van der Waals surface area contributed by atoms with Gasteiger partial charge in [0.05, 0.1) is 6.54 Å². The Bertz CT molecular complexity index is 436. The van der Waals surface area contributed by atoms with Crippen molar-refractivity contribution < 1.29 is 9.53 Å². The van der Waals surface area contributed by atoms with Crippen molar-refractivity contribution in [2.24, 2.45) is 7.05 Å². The summed E-state index contributed by atoms with van der Waals surface area (Å²) in [5, 5.41) is 0. The van der Waals surface area contributed by atoms with Crippen molar-refractivity contribution in [1.29, 1.82) is 0 Å². The van der Waals surface area contributed by atoms with Gasteiger partial charge in [0.15, 0.2) is 0 Å². The van der Waals surface area contributed by atoms with E-state index in [1.165, 1.54) is 0 Å². The SMILES string of the molecule is CCCN(Cc1nccn1C)C(=O)[C@@]1(C)CCCO1. The molecule has 106 valence electrons. The average Bonchev–Trinajstić information content (AvgIpc) is 2.99. The van der Waals surface area contributed by atoms with Crippen LogP contribution in [0, 0.1) is 0 Å². The second kappa shape index (κ2) is 5.74. The fourth-order valence-corrected chi connectivity index (χ4v) is 2.52. The van der Waals surface area contributed by atoms with Gasteiger partial charge in [-0.15, -0.1) is 0 Å². The summed E-state index contributed by atoms with van der Waals surface area (Å²) in [5.74, 6) is 0.998. The van der Waals surface area contributed by atoms with E-state index in [4.69, 9.17) is 4.74 Å². The van der Waals surface area contributed by atoms with Crippen LogP contribution in [0.25, 0.3) is 0 Å². The van der Waals surface area contributed by atoms with E-state index < -0.39 is 5.60 Å². The Labute approximate surface area is 114 Å². The zero-order valence-electron chi connectivity index (χ0n) is 12.1. The Hall–Kier alpha value is -1.36. The zero-order chi connectivity index (χ0) is 13.9. The van der Waals surface area contributed by atoms with Gasteiger partial charge >= 0.3 is 0 Å². The monoisotopic (exact) mass is 265 g/mol. The number of aromatic nitrogens is 2. The van der Waals surface area contributed by atoms with E-state index in [2.05, 4.69) is 11.9 Å². The Balaban J connectivity index is 2.11. The van der Waals surface area contributed by atoms with Crippen LogP contribution >= 0.6 is 0 Å². The molecule has 2 heterocycles. The number of carbonyl (C=O) groups is 1. The van der Waals surface area contributed by atoms with E-state index >= 15 is 0 Å². The van der Waals surface area contributed by atoms with E-state index in [-0.39, 0.29) is 5.91 Å². The van der Waals surface area contributed by atoms with Gasteiger partial charge in [0.25, 0.3) is 5.91 Å². The van der Waals surface area contributed by atoms with Crippen LogP contribution in [0.1, 0.15) is 38.9 Å². The molecule has 0 spiro atoms. The second-order valence-electron chi connectivity index (χ2n) is 5.36. The topological polar surface area (TPSA) is 47.4 Å². The molecule has 0 aromatic carbocycles. The number of nitrogens with zero attached hydrogens (tertiary/aromatic N) is 3. The van der Waals surface area contributed by atoms with E-state index in [0.29, 0.717) is 13.2 Å². The summed E-state index contributed by atoms with van der Waals surface area (Å²) in [6.45, 7) is 5.96. The highest BCUT2D eigenvalue weighted by Crippen LogP contribution is 2.27. The molecule has 0 saturated carbocycles. The van der Waals surface area contributed by atoms with Crippen molar-refractivity contribution in [3.63, 3.8) is 0 Å². The number of hydrogen-bond acceptors (Lipinski definition) is 3. The Morgan fingerprint density at radius 3 is 2.95 bits per heavy atom. The normalized spacial score (nSPS) is 22.7. The molecule has 1 fully saturated rings. The maximum atomic E-state index is 12.7. The molecule has 19 heavy (non-hydrogen) atoms. The van der Waals surface area contributed by atoms with Gasteiger partial charge in [-0.2, -0.15) is 0 Å². The smallest absolute Gasteiger partial charge is 0.254 e. The minimum atomic E-state index is -0.639. The molecule has 1 aliphatic heterocycles.